The lowest BCUT2D eigenvalue weighted by molar-refractivity contribution is 0.318. The summed E-state index contributed by atoms with van der Waals surface area (Å²) in [5.74, 6) is -0.188. The molecule has 3 heteroatoms. The minimum absolute atomic E-state index is 0.188. The van der Waals surface area contributed by atoms with Crippen molar-refractivity contribution in [3.63, 3.8) is 0 Å². The van der Waals surface area contributed by atoms with Crippen molar-refractivity contribution in [2.75, 3.05) is 7.05 Å². The lowest BCUT2D eigenvalue weighted by atomic mass is 10.2. The molecule has 0 aliphatic carbocycles. The molecule has 0 bridgehead atoms. The summed E-state index contributed by atoms with van der Waals surface area (Å²) in [7, 11) is 2.06. The van der Waals surface area contributed by atoms with Crippen LogP contribution in [0.4, 0.5) is 4.39 Å². The van der Waals surface area contributed by atoms with E-state index in [0.717, 1.165) is 23.1 Å². The third kappa shape index (κ3) is 3.65. The molecular weight excluding hydrogens is 293 g/mol. The Hall–Kier alpha value is -1.19. The van der Waals surface area contributed by atoms with E-state index in [0.29, 0.717) is 0 Å². The van der Waals surface area contributed by atoms with Gasteiger partial charge in [-0.05, 0) is 36.4 Å². The molecule has 0 aliphatic heterocycles. The highest BCUT2D eigenvalue weighted by atomic mass is 79.9. The van der Waals surface area contributed by atoms with Crippen LogP contribution in [0, 0.1) is 5.82 Å². The molecule has 1 nitrogen and oxygen atoms in total. The number of halogens is 2. The summed E-state index contributed by atoms with van der Waals surface area (Å²) in [5, 5.41) is 0. The maximum atomic E-state index is 12.8. The third-order valence-electron chi connectivity index (χ3n) is 2.76. The Bertz CT molecular complexity index is 510. The summed E-state index contributed by atoms with van der Waals surface area (Å²) in [6.45, 7) is 1.67. The van der Waals surface area contributed by atoms with Gasteiger partial charge in [0.1, 0.15) is 5.82 Å². The van der Waals surface area contributed by atoms with Crippen LogP contribution in [0.1, 0.15) is 11.1 Å². The molecule has 0 spiro atoms. The monoisotopic (exact) mass is 307 g/mol. The van der Waals surface area contributed by atoms with E-state index in [1.54, 1.807) is 0 Å². The summed E-state index contributed by atoms with van der Waals surface area (Å²) in [4.78, 5) is 2.20. The second-order valence-corrected chi connectivity index (χ2v) is 5.24. The Balaban J connectivity index is 1.99. The van der Waals surface area contributed by atoms with E-state index in [1.807, 2.05) is 30.3 Å². The molecule has 0 N–H and O–H groups in total. The van der Waals surface area contributed by atoms with Gasteiger partial charge in [0.05, 0.1) is 0 Å². The van der Waals surface area contributed by atoms with Crippen LogP contribution in [0.5, 0.6) is 0 Å². The van der Waals surface area contributed by atoms with Crippen molar-refractivity contribution in [1.82, 2.24) is 4.90 Å². The van der Waals surface area contributed by atoms with Crippen LogP contribution >= 0.6 is 15.9 Å². The molecule has 2 aromatic carbocycles. The number of hydrogen-bond acceptors (Lipinski definition) is 1. The first kappa shape index (κ1) is 13.2. The second-order valence-electron chi connectivity index (χ2n) is 4.39. The van der Waals surface area contributed by atoms with Crippen molar-refractivity contribution < 1.29 is 4.39 Å². The first-order chi connectivity index (χ1) is 8.65. The molecule has 0 heterocycles. The largest absolute Gasteiger partial charge is 0.298 e. The van der Waals surface area contributed by atoms with Crippen LogP contribution in [0.2, 0.25) is 0 Å². The summed E-state index contributed by atoms with van der Waals surface area (Å²) in [6.07, 6.45) is 0. The van der Waals surface area contributed by atoms with Crippen LogP contribution in [0.15, 0.2) is 53.0 Å². The van der Waals surface area contributed by atoms with Gasteiger partial charge in [-0.25, -0.2) is 4.39 Å². The highest BCUT2D eigenvalue weighted by Crippen LogP contribution is 2.18. The molecule has 2 rings (SSSR count). The minimum Gasteiger partial charge on any atom is -0.298 e. The van der Waals surface area contributed by atoms with Crippen molar-refractivity contribution >= 4 is 15.9 Å². The Morgan fingerprint density at radius 2 is 1.67 bits per heavy atom. The topological polar surface area (TPSA) is 3.24 Å². The van der Waals surface area contributed by atoms with Crippen LogP contribution in [0.3, 0.4) is 0 Å². The third-order valence-corrected chi connectivity index (χ3v) is 3.54. The van der Waals surface area contributed by atoms with Gasteiger partial charge >= 0.3 is 0 Å². The van der Waals surface area contributed by atoms with E-state index in [9.17, 15) is 4.39 Å². The van der Waals surface area contributed by atoms with Gasteiger partial charge in [-0.15, -0.1) is 0 Å². The number of benzene rings is 2. The normalized spacial score (nSPS) is 10.9. The van der Waals surface area contributed by atoms with Gasteiger partial charge in [0.25, 0.3) is 0 Å². The molecule has 0 aliphatic rings. The van der Waals surface area contributed by atoms with E-state index in [4.69, 9.17) is 0 Å². The molecule has 0 saturated heterocycles. The summed E-state index contributed by atoms with van der Waals surface area (Å²) in [5.41, 5.74) is 2.37. The molecule has 0 atom stereocenters. The highest BCUT2D eigenvalue weighted by molar-refractivity contribution is 9.10. The Labute approximate surface area is 115 Å². The van der Waals surface area contributed by atoms with Crippen molar-refractivity contribution in [2.45, 2.75) is 13.1 Å². The van der Waals surface area contributed by atoms with E-state index in [1.165, 1.54) is 17.7 Å². The van der Waals surface area contributed by atoms with Crippen molar-refractivity contribution in [1.29, 1.82) is 0 Å². The van der Waals surface area contributed by atoms with Gasteiger partial charge < -0.3 is 0 Å². The van der Waals surface area contributed by atoms with Crippen molar-refractivity contribution in [3.8, 4) is 0 Å². The summed E-state index contributed by atoms with van der Waals surface area (Å²) in [6, 6.07) is 14.8. The van der Waals surface area contributed by atoms with Gasteiger partial charge in [-0.1, -0.05) is 46.3 Å². The van der Waals surface area contributed by atoms with Crippen molar-refractivity contribution in [3.05, 3.63) is 69.9 Å². The first-order valence-corrected chi connectivity index (χ1v) is 6.61. The molecule has 0 unspecified atom stereocenters. The van der Waals surface area contributed by atoms with Gasteiger partial charge in [-0.2, -0.15) is 0 Å². The van der Waals surface area contributed by atoms with Gasteiger partial charge in [-0.3, -0.25) is 4.90 Å². The van der Waals surface area contributed by atoms with Crippen molar-refractivity contribution in [2.24, 2.45) is 0 Å². The van der Waals surface area contributed by atoms with E-state index in [2.05, 4.69) is 33.9 Å². The fourth-order valence-electron chi connectivity index (χ4n) is 1.87. The molecule has 0 radical (unpaired) electrons. The molecule has 94 valence electrons. The predicted molar refractivity (Wildman–Crippen MR) is 75.7 cm³/mol. The molecule has 18 heavy (non-hydrogen) atoms. The van der Waals surface area contributed by atoms with Gasteiger partial charge in [0, 0.05) is 17.6 Å². The Morgan fingerprint density at radius 3 is 2.33 bits per heavy atom. The smallest absolute Gasteiger partial charge is 0.123 e. The number of hydrogen-bond donors (Lipinski definition) is 0. The molecular formula is C15H15BrFN. The zero-order valence-electron chi connectivity index (χ0n) is 10.2. The van der Waals surface area contributed by atoms with Crippen LogP contribution in [0.25, 0.3) is 0 Å². The van der Waals surface area contributed by atoms with Crippen LogP contribution < -0.4 is 0 Å². The first-order valence-electron chi connectivity index (χ1n) is 5.81. The number of rotatable bonds is 4. The van der Waals surface area contributed by atoms with Crippen LogP contribution in [-0.4, -0.2) is 11.9 Å². The second kappa shape index (κ2) is 6.12. The summed E-state index contributed by atoms with van der Waals surface area (Å²) >= 11 is 3.54. The SMILES string of the molecule is CN(Cc1ccc(F)cc1)Cc1ccccc1Br. The maximum Gasteiger partial charge on any atom is 0.123 e. The number of nitrogens with zero attached hydrogens (tertiary/aromatic N) is 1. The zero-order chi connectivity index (χ0) is 13.0. The van der Waals surface area contributed by atoms with Gasteiger partial charge in [0.15, 0.2) is 0 Å². The maximum absolute atomic E-state index is 12.8. The zero-order valence-corrected chi connectivity index (χ0v) is 11.8. The minimum atomic E-state index is -0.188. The summed E-state index contributed by atoms with van der Waals surface area (Å²) < 4.78 is 13.9. The van der Waals surface area contributed by atoms with Crippen LogP contribution in [-0.2, 0) is 13.1 Å². The molecule has 0 amide bonds. The van der Waals surface area contributed by atoms with E-state index < -0.39 is 0 Å². The average Bonchev–Trinajstić information content (AvgIpc) is 2.35. The molecule has 0 fully saturated rings. The fraction of sp³-hybridized carbons (Fsp3) is 0.200. The fourth-order valence-corrected chi connectivity index (χ4v) is 2.28. The Morgan fingerprint density at radius 1 is 1.00 bits per heavy atom. The predicted octanol–water partition coefficient (Wildman–Crippen LogP) is 4.22. The standard InChI is InChI=1S/C15H15BrFN/c1-18(10-12-6-8-14(17)9-7-12)11-13-4-2-3-5-15(13)16/h2-9H,10-11H2,1H3. The Kier molecular flexibility index (Phi) is 4.50. The molecule has 0 aromatic heterocycles. The highest BCUT2D eigenvalue weighted by Gasteiger charge is 2.04. The molecule has 0 saturated carbocycles. The van der Waals surface area contributed by atoms with E-state index >= 15 is 0 Å². The molecule has 2 aromatic rings. The average molecular weight is 308 g/mol. The quantitative estimate of drug-likeness (QED) is 0.817. The van der Waals surface area contributed by atoms with E-state index in [-0.39, 0.29) is 5.82 Å². The lowest BCUT2D eigenvalue weighted by Gasteiger charge is -2.17. The van der Waals surface area contributed by atoms with Gasteiger partial charge in [0.2, 0.25) is 0 Å². The lowest BCUT2D eigenvalue weighted by Crippen LogP contribution is -2.17.